The van der Waals surface area contributed by atoms with E-state index in [9.17, 15) is 9.59 Å². The standard InChI is InChI=1S/C19H18ClN3O3/c1-26-18(25)4-2-3-17(24)21-14-8-5-12(6-9-14)19-22-15-10-7-13(20)11-16(15)23-19/h5-11H,2-4H2,1H3,(H,21,24)(H,22,23). The van der Waals surface area contributed by atoms with Gasteiger partial charge in [-0.05, 0) is 48.9 Å². The molecule has 0 aliphatic heterocycles. The normalized spacial score (nSPS) is 10.7. The van der Waals surface area contributed by atoms with Gasteiger partial charge in [0, 0.05) is 29.1 Å². The number of nitrogens with zero attached hydrogens (tertiary/aromatic N) is 1. The number of carbonyl (C=O) groups excluding carboxylic acids is 2. The Kier molecular flexibility index (Phi) is 5.53. The number of esters is 1. The number of hydrogen-bond donors (Lipinski definition) is 2. The molecule has 0 aliphatic carbocycles. The summed E-state index contributed by atoms with van der Waals surface area (Å²) < 4.78 is 4.55. The number of imidazole rings is 1. The summed E-state index contributed by atoms with van der Waals surface area (Å²) in [6, 6.07) is 12.9. The number of nitrogens with one attached hydrogen (secondary N) is 2. The molecule has 0 bridgehead atoms. The molecule has 1 aromatic heterocycles. The molecule has 0 spiro atoms. The maximum atomic E-state index is 11.9. The number of rotatable bonds is 6. The number of fused-ring (bicyclic) bond motifs is 1. The maximum Gasteiger partial charge on any atom is 0.305 e. The molecule has 3 aromatic rings. The van der Waals surface area contributed by atoms with E-state index < -0.39 is 0 Å². The summed E-state index contributed by atoms with van der Waals surface area (Å²) in [5.74, 6) is 0.285. The second kappa shape index (κ2) is 8.01. The van der Waals surface area contributed by atoms with Crippen molar-refractivity contribution in [2.45, 2.75) is 19.3 Å². The SMILES string of the molecule is COC(=O)CCCC(=O)Nc1ccc(-c2nc3ccc(Cl)cc3[nH]2)cc1. The van der Waals surface area contributed by atoms with E-state index in [-0.39, 0.29) is 24.7 Å². The summed E-state index contributed by atoms with van der Waals surface area (Å²) in [6.07, 6.45) is 0.957. The van der Waals surface area contributed by atoms with Gasteiger partial charge in [-0.3, -0.25) is 9.59 Å². The molecule has 2 aromatic carbocycles. The Hall–Kier alpha value is -2.86. The van der Waals surface area contributed by atoms with Gasteiger partial charge in [0.15, 0.2) is 0 Å². The molecule has 0 fully saturated rings. The fourth-order valence-electron chi connectivity index (χ4n) is 2.55. The van der Waals surface area contributed by atoms with Crippen LogP contribution in [0.5, 0.6) is 0 Å². The summed E-state index contributed by atoms with van der Waals surface area (Å²) in [5, 5.41) is 3.46. The molecule has 1 amide bonds. The minimum atomic E-state index is -0.311. The summed E-state index contributed by atoms with van der Waals surface area (Å²) in [5.41, 5.74) is 3.31. The van der Waals surface area contributed by atoms with Crippen molar-refractivity contribution in [2.24, 2.45) is 0 Å². The third-order valence-corrected chi connectivity index (χ3v) is 4.13. The second-order valence-corrected chi connectivity index (χ2v) is 6.24. The highest BCUT2D eigenvalue weighted by molar-refractivity contribution is 6.31. The predicted octanol–water partition coefficient (Wildman–Crippen LogP) is 4.17. The van der Waals surface area contributed by atoms with Crippen LogP contribution in [-0.4, -0.2) is 29.0 Å². The summed E-state index contributed by atoms with van der Waals surface area (Å²) in [4.78, 5) is 30.7. The van der Waals surface area contributed by atoms with Crippen LogP contribution in [0.15, 0.2) is 42.5 Å². The largest absolute Gasteiger partial charge is 0.469 e. The number of hydrogen-bond acceptors (Lipinski definition) is 4. The van der Waals surface area contributed by atoms with E-state index in [1.54, 1.807) is 6.07 Å². The van der Waals surface area contributed by atoms with Crippen LogP contribution in [0.4, 0.5) is 5.69 Å². The quantitative estimate of drug-likeness (QED) is 0.637. The Morgan fingerprint density at radius 1 is 1.15 bits per heavy atom. The highest BCUT2D eigenvalue weighted by Crippen LogP contribution is 2.24. The van der Waals surface area contributed by atoms with E-state index >= 15 is 0 Å². The summed E-state index contributed by atoms with van der Waals surface area (Å²) >= 11 is 5.99. The number of benzene rings is 2. The minimum absolute atomic E-state index is 0.139. The molecule has 0 saturated heterocycles. The maximum absolute atomic E-state index is 11.9. The molecule has 0 atom stereocenters. The number of amides is 1. The van der Waals surface area contributed by atoms with Crippen LogP contribution >= 0.6 is 11.6 Å². The minimum Gasteiger partial charge on any atom is -0.469 e. The van der Waals surface area contributed by atoms with E-state index in [4.69, 9.17) is 11.6 Å². The first-order valence-corrected chi connectivity index (χ1v) is 8.55. The van der Waals surface area contributed by atoms with Gasteiger partial charge in [-0.1, -0.05) is 11.6 Å². The van der Waals surface area contributed by atoms with E-state index in [1.807, 2.05) is 36.4 Å². The summed E-state index contributed by atoms with van der Waals surface area (Å²) in [6.45, 7) is 0. The molecule has 0 unspecified atom stereocenters. The lowest BCUT2D eigenvalue weighted by molar-refractivity contribution is -0.140. The molecule has 2 N–H and O–H groups in total. The average molecular weight is 372 g/mol. The summed E-state index contributed by atoms with van der Waals surface area (Å²) in [7, 11) is 1.33. The number of carbonyl (C=O) groups is 2. The number of halogens is 1. The zero-order valence-electron chi connectivity index (χ0n) is 14.2. The lowest BCUT2D eigenvalue weighted by Crippen LogP contribution is -2.12. The van der Waals surface area contributed by atoms with Gasteiger partial charge in [0.2, 0.25) is 5.91 Å². The van der Waals surface area contributed by atoms with E-state index in [1.165, 1.54) is 7.11 Å². The van der Waals surface area contributed by atoms with Crippen molar-refractivity contribution in [3.63, 3.8) is 0 Å². The third-order valence-electron chi connectivity index (χ3n) is 3.90. The lowest BCUT2D eigenvalue weighted by Gasteiger charge is -2.05. The Balaban J connectivity index is 1.62. The van der Waals surface area contributed by atoms with Gasteiger partial charge in [-0.25, -0.2) is 4.98 Å². The van der Waals surface area contributed by atoms with Crippen molar-refractivity contribution in [3.05, 3.63) is 47.5 Å². The molecule has 6 nitrogen and oxygen atoms in total. The molecular weight excluding hydrogens is 354 g/mol. The first-order valence-electron chi connectivity index (χ1n) is 8.17. The van der Waals surface area contributed by atoms with Crippen LogP contribution in [0.25, 0.3) is 22.4 Å². The van der Waals surface area contributed by atoms with Gasteiger partial charge in [-0.15, -0.1) is 0 Å². The van der Waals surface area contributed by atoms with Crippen molar-refractivity contribution in [1.82, 2.24) is 9.97 Å². The first-order chi connectivity index (χ1) is 12.5. The van der Waals surface area contributed by atoms with Gasteiger partial charge in [-0.2, -0.15) is 0 Å². The highest BCUT2D eigenvalue weighted by Gasteiger charge is 2.08. The Morgan fingerprint density at radius 2 is 1.92 bits per heavy atom. The molecule has 0 aliphatic rings. The predicted molar refractivity (Wildman–Crippen MR) is 101 cm³/mol. The van der Waals surface area contributed by atoms with Gasteiger partial charge in [0.05, 0.1) is 18.1 Å². The van der Waals surface area contributed by atoms with Gasteiger partial charge in [0.1, 0.15) is 5.82 Å². The molecular formula is C19H18ClN3O3. The fraction of sp³-hybridized carbons (Fsp3) is 0.211. The van der Waals surface area contributed by atoms with Crippen molar-refractivity contribution in [2.75, 3.05) is 12.4 Å². The van der Waals surface area contributed by atoms with Crippen LogP contribution in [0.1, 0.15) is 19.3 Å². The third kappa shape index (κ3) is 4.40. The van der Waals surface area contributed by atoms with E-state index in [0.717, 1.165) is 22.4 Å². The number of anilines is 1. The van der Waals surface area contributed by atoms with Crippen molar-refractivity contribution in [3.8, 4) is 11.4 Å². The average Bonchev–Trinajstić information content (AvgIpc) is 3.05. The number of methoxy groups -OCH3 is 1. The second-order valence-electron chi connectivity index (χ2n) is 5.80. The van der Waals surface area contributed by atoms with E-state index in [2.05, 4.69) is 20.0 Å². The fourth-order valence-corrected chi connectivity index (χ4v) is 2.72. The van der Waals surface area contributed by atoms with Crippen LogP contribution in [0.3, 0.4) is 0 Å². The van der Waals surface area contributed by atoms with Crippen molar-refractivity contribution < 1.29 is 14.3 Å². The number of aromatic nitrogens is 2. The molecule has 3 rings (SSSR count). The molecule has 0 saturated carbocycles. The van der Waals surface area contributed by atoms with Gasteiger partial charge in [0.25, 0.3) is 0 Å². The van der Waals surface area contributed by atoms with Crippen molar-refractivity contribution >= 4 is 40.2 Å². The van der Waals surface area contributed by atoms with Gasteiger partial charge < -0.3 is 15.0 Å². The molecule has 26 heavy (non-hydrogen) atoms. The van der Waals surface area contributed by atoms with Crippen LogP contribution in [0.2, 0.25) is 5.02 Å². The molecule has 1 heterocycles. The molecule has 7 heteroatoms. The lowest BCUT2D eigenvalue weighted by atomic mass is 10.2. The van der Waals surface area contributed by atoms with Crippen molar-refractivity contribution in [1.29, 1.82) is 0 Å². The topological polar surface area (TPSA) is 84.1 Å². The van der Waals surface area contributed by atoms with E-state index in [0.29, 0.717) is 17.1 Å². The highest BCUT2D eigenvalue weighted by atomic mass is 35.5. The van der Waals surface area contributed by atoms with Crippen LogP contribution in [0, 0.1) is 0 Å². The molecule has 134 valence electrons. The van der Waals surface area contributed by atoms with Crippen LogP contribution in [-0.2, 0) is 14.3 Å². The first kappa shape index (κ1) is 17.9. The Bertz CT molecular complexity index is 935. The molecule has 0 radical (unpaired) electrons. The number of H-pyrrole nitrogens is 1. The zero-order valence-corrected chi connectivity index (χ0v) is 15.0. The number of aromatic amines is 1. The Labute approximate surface area is 155 Å². The van der Waals surface area contributed by atoms with Gasteiger partial charge >= 0.3 is 5.97 Å². The number of ether oxygens (including phenoxy) is 1. The van der Waals surface area contributed by atoms with Crippen LogP contribution < -0.4 is 5.32 Å². The Morgan fingerprint density at radius 3 is 2.65 bits per heavy atom. The smallest absolute Gasteiger partial charge is 0.305 e. The zero-order chi connectivity index (χ0) is 18.5. The monoisotopic (exact) mass is 371 g/mol.